The average Bonchev–Trinajstić information content (AvgIpc) is 2.85. The molecule has 4 heteroatoms. The van der Waals surface area contributed by atoms with Gasteiger partial charge in [-0.3, -0.25) is 15.2 Å². The summed E-state index contributed by atoms with van der Waals surface area (Å²) < 4.78 is 0. The Labute approximate surface area is 126 Å². The Morgan fingerprint density at radius 1 is 1.10 bits per heavy atom. The fourth-order valence-electron chi connectivity index (χ4n) is 3.34. The molecule has 0 bridgehead atoms. The number of aliphatic imine (C=N–C) groups is 1. The first-order valence-corrected chi connectivity index (χ1v) is 7.94. The highest BCUT2D eigenvalue weighted by Gasteiger charge is 2.42. The van der Waals surface area contributed by atoms with Crippen LogP contribution in [0.3, 0.4) is 0 Å². The molecule has 1 spiro atoms. The van der Waals surface area contributed by atoms with Crippen molar-refractivity contribution in [2.45, 2.75) is 57.5 Å². The monoisotopic (exact) mass is 285 g/mol. The van der Waals surface area contributed by atoms with E-state index in [1.54, 1.807) is 6.92 Å². The molecule has 112 valence electrons. The predicted molar refractivity (Wildman–Crippen MR) is 85.2 cm³/mol. The Bertz CT molecular complexity index is 530. The quantitative estimate of drug-likeness (QED) is 0.905. The number of amidine groups is 1. The zero-order chi connectivity index (χ0) is 14.7. The molecule has 1 aliphatic carbocycles. The SMILES string of the molecule is CC(=O)C1=NC2(CCCCCCC2)N(c2ccccc2)N1. The minimum Gasteiger partial charge on any atom is -0.291 e. The summed E-state index contributed by atoms with van der Waals surface area (Å²) in [5, 5.41) is 2.12. The molecule has 0 amide bonds. The Morgan fingerprint density at radius 3 is 2.33 bits per heavy atom. The summed E-state index contributed by atoms with van der Waals surface area (Å²) >= 11 is 0. The lowest BCUT2D eigenvalue weighted by Gasteiger charge is -2.38. The summed E-state index contributed by atoms with van der Waals surface area (Å²) in [5.74, 6) is 0.509. The van der Waals surface area contributed by atoms with E-state index in [0.717, 1.165) is 18.5 Å². The zero-order valence-electron chi connectivity index (χ0n) is 12.6. The van der Waals surface area contributed by atoms with Gasteiger partial charge in [0, 0.05) is 6.92 Å². The van der Waals surface area contributed by atoms with E-state index < -0.39 is 0 Å². The number of nitrogens with one attached hydrogen (secondary N) is 1. The maximum absolute atomic E-state index is 11.8. The number of para-hydroxylation sites is 1. The van der Waals surface area contributed by atoms with Crippen LogP contribution in [0.15, 0.2) is 35.3 Å². The number of hydrogen-bond acceptors (Lipinski definition) is 4. The molecule has 0 saturated heterocycles. The maximum Gasteiger partial charge on any atom is 0.196 e. The molecular weight excluding hydrogens is 262 g/mol. The van der Waals surface area contributed by atoms with Crippen molar-refractivity contribution in [1.29, 1.82) is 0 Å². The first-order chi connectivity index (χ1) is 10.2. The van der Waals surface area contributed by atoms with Crippen LogP contribution in [0, 0.1) is 0 Å². The van der Waals surface area contributed by atoms with Crippen LogP contribution in [0.4, 0.5) is 5.69 Å². The number of benzene rings is 1. The zero-order valence-corrected chi connectivity index (χ0v) is 12.6. The van der Waals surface area contributed by atoms with Crippen molar-refractivity contribution in [2.24, 2.45) is 4.99 Å². The highest BCUT2D eigenvalue weighted by atomic mass is 16.1. The minimum absolute atomic E-state index is 0.00913. The topological polar surface area (TPSA) is 44.7 Å². The molecule has 0 atom stereocenters. The van der Waals surface area contributed by atoms with E-state index in [0.29, 0.717) is 5.84 Å². The van der Waals surface area contributed by atoms with Gasteiger partial charge < -0.3 is 0 Å². The molecule has 1 aromatic carbocycles. The molecule has 0 aromatic heterocycles. The molecule has 0 unspecified atom stereocenters. The molecule has 1 heterocycles. The fourth-order valence-corrected chi connectivity index (χ4v) is 3.34. The molecule has 1 saturated carbocycles. The van der Waals surface area contributed by atoms with Crippen molar-refractivity contribution >= 4 is 17.3 Å². The molecular formula is C17H23N3O. The van der Waals surface area contributed by atoms with Crippen LogP contribution in [0.5, 0.6) is 0 Å². The van der Waals surface area contributed by atoms with Gasteiger partial charge in [0.2, 0.25) is 0 Å². The van der Waals surface area contributed by atoms with Crippen molar-refractivity contribution in [3.63, 3.8) is 0 Å². The lowest BCUT2D eigenvalue weighted by atomic mass is 9.90. The molecule has 2 aliphatic rings. The number of nitrogens with zero attached hydrogens (tertiary/aromatic N) is 2. The summed E-state index contributed by atoms with van der Waals surface area (Å²) in [4.78, 5) is 16.6. The molecule has 0 radical (unpaired) electrons. The van der Waals surface area contributed by atoms with Gasteiger partial charge in [0.1, 0.15) is 0 Å². The second kappa shape index (κ2) is 5.88. The summed E-state index contributed by atoms with van der Waals surface area (Å²) in [5.41, 5.74) is 4.04. The first-order valence-electron chi connectivity index (χ1n) is 7.94. The maximum atomic E-state index is 11.8. The van der Waals surface area contributed by atoms with Crippen LogP contribution < -0.4 is 10.4 Å². The number of rotatable bonds is 2. The Kier molecular flexibility index (Phi) is 3.95. The smallest absolute Gasteiger partial charge is 0.196 e. The van der Waals surface area contributed by atoms with Crippen molar-refractivity contribution in [3.05, 3.63) is 30.3 Å². The van der Waals surface area contributed by atoms with Gasteiger partial charge in [0.15, 0.2) is 17.3 Å². The van der Waals surface area contributed by atoms with E-state index in [-0.39, 0.29) is 11.4 Å². The second-order valence-electron chi connectivity index (χ2n) is 6.05. The van der Waals surface area contributed by atoms with E-state index in [1.807, 2.05) is 18.2 Å². The van der Waals surface area contributed by atoms with Crippen LogP contribution >= 0.6 is 0 Å². The highest BCUT2D eigenvalue weighted by molar-refractivity contribution is 6.38. The Morgan fingerprint density at radius 2 is 1.71 bits per heavy atom. The van der Waals surface area contributed by atoms with Gasteiger partial charge in [0.05, 0.1) is 5.69 Å². The normalized spacial score (nSPS) is 21.4. The number of hydrazine groups is 1. The van der Waals surface area contributed by atoms with Gasteiger partial charge in [-0.15, -0.1) is 0 Å². The molecule has 4 nitrogen and oxygen atoms in total. The van der Waals surface area contributed by atoms with Gasteiger partial charge in [-0.1, -0.05) is 37.5 Å². The van der Waals surface area contributed by atoms with E-state index >= 15 is 0 Å². The summed E-state index contributed by atoms with van der Waals surface area (Å²) in [6, 6.07) is 10.2. The van der Waals surface area contributed by atoms with Gasteiger partial charge in [0.25, 0.3) is 0 Å². The number of carbonyl (C=O) groups excluding carboxylic acids is 1. The molecule has 1 aromatic rings. The largest absolute Gasteiger partial charge is 0.291 e. The van der Waals surface area contributed by atoms with Crippen LogP contribution in [-0.2, 0) is 4.79 Å². The molecule has 1 aliphatic heterocycles. The standard InChI is InChI=1S/C17H23N3O/c1-14(21)16-18-17(12-8-3-2-4-9-13-17)20(19-16)15-10-6-5-7-11-15/h5-7,10-11H,2-4,8-9,12-13H2,1H3,(H,18,19). The molecule has 3 rings (SSSR count). The van der Waals surface area contributed by atoms with E-state index in [1.165, 1.54) is 32.1 Å². The van der Waals surface area contributed by atoms with Crippen molar-refractivity contribution in [2.75, 3.05) is 5.01 Å². The molecule has 21 heavy (non-hydrogen) atoms. The lowest BCUT2D eigenvalue weighted by molar-refractivity contribution is -0.111. The number of Topliss-reactive ketones (excluding diaryl/α,β-unsaturated/α-hetero) is 1. The molecule has 1 N–H and O–H groups in total. The third-order valence-corrected chi connectivity index (χ3v) is 4.46. The van der Waals surface area contributed by atoms with Crippen LogP contribution in [-0.4, -0.2) is 17.3 Å². The van der Waals surface area contributed by atoms with Crippen molar-refractivity contribution in [3.8, 4) is 0 Å². The minimum atomic E-state index is -0.289. The van der Waals surface area contributed by atoms with E-state index in [2.05, 4.69) is 22.6 Å². The first kappa shape index (κ1) is 14.1. The Balaban J connectivity index is 1.96. The van der Waals surface area contributed by atoms with E-state index in [4.69, 9.17) is 4.99 Å². The van der Waals surface area contributed by atoms with Gasteiger partial charge in [-0.25, -0.2) is 4.99 Å². The average molecular weight is 285 g/mol. The highest BCUT2D eigenvalue weighted by Crippen LogP contribution is 2.37. The lowest BCUT2D eigenvalue weighted by Crippen LogP contribution is -2.51. The van der Waals surface area contributed by atoms with Crippen molar-refractivity contribution in [1.82, 2.24) is 5.43 Å². The number of ketones is 1. The third kappa shape index (κ3) is 2.80. The summed E-state index contributed by atoms with van der Waals surface area (Å²) in [7, 11) is 0. The van der Waals surface area contributed by atoms with Crippen LogP contribution in [0.25, 0.3) is 0 Å². The second-order valence-corrected chi connectivity index (χ2v) is 6.05. The van der Waals surface area contributed by atoms with Gasteiger partial charge >= 0.3 is 0 Å². The predicted octanol–water partition coefficient (Wildman–Crippen LogP) is 3.44. The van der Waals surface area contributed by atoms with E-state index in [9.17, 15) is 4.79 Å². The number of carbonyl (C=O) groups is 1. The van der Waals surface area contributed by atoms with Gasteiger partial charge in [-0.05, 0) is 37.8 Å². The summed E-state index contributed by atoms with van der Waals surface area (Å²) in [6.07, 6.45) is 8.18. The fraction of sp³-hybridized carbons (Fsp3) is 0.529. The Hall–Kier alpha value is -1.84. The summed E-state index contributed by atoms with van der Waals surface area (Å²) in [6.45, 7) is 1.58. The molecule has 1 fully saturated rings. The third-order valence-electron chi connectivity index (χ3n) is 4.46. The van der Waals surface area contributed by atoms with Crippen LogP contribution in [0.2, 0.25) is 0 Å². The number of anilines is 1. The number of hydrogen-bond donors (Lipinski definition) is 1. The van der Waals surface area contributed by atoms with Crippen molar-refractivity contribution < 1.29 is 4.79 Å². The van der Waals surface area contributed by atoms with Gasteiger partial charge in [-0.2, -0.15) is 0 Å². The van der Waals surface area contributed by atoms with Crippen LogP contribution in [0.1, 0.15) is 51.9 Å².